The van der Waals surface area contributed by atoms with Gasteiger partial charge in [-0.05, 0) is 26.3 Å². The molecule has 4 heterocycles. The van der Waals surface area contributed by atoms with E-state index in [4.69, 9.17) is 4.52 Å². The van der Waals surface area contributed by atoms with E-state index in [9.17, 15) is 0 Å². The first-order valence-electron chi connectivity index (χ1n) is 8.69. The van der Waals surface area contributed by atoms with Crippen LogP contribution in [0.15, 0.2) is 16.9 Å². The van der Waals surface area contributed by atoms with E-state index in [0.29, 0.717) is 17.7 Å². The molecule has 9 heteroatoms. The molecular weight excluding hydrogens is 320 g/mol. The Morgan fingerprint density at radius 2 is 2.28 bits per heavy atom. The molecule has 0 aromatic carbocycles. The van der Waals surface area contributed by atoms with Crippen LogP contribution in [0.1, 0.15) is 37.2 Å². The van der Waals surface area contributed by atoms with Gasteiger partial charge in [-0.2, -0.15) is 19.6 Å². The smallest absolute Gasteiger partial charge is 0.254 e. The molecule has 4 rings (SSSR count). The normalized spacial score (nSPS) is 18.7. The third-order valence-electron chi connectivity index (χ3n) is 4.42. The molecule has 1 aliphatic heterocycles. The first kappa shape index (κ1) is 15.9. The van der Waals surface area contributed by atoms with Crippen LogP contribution in [0.2, 0.25) is 0 Å². The summed E-state index contributed by atoms with van der Waals surface area (Å²) in [5, 5.41) is 11.9. The summed E-state index contributed by atoms with van der Waals surface area (Å²) in [5.74, 6) is 3.01. The summed E-state index contributed by atoms with van der Waals surface area (Å²) in [6, 6.07) is 2.34. The molecular formula is C16H22N8O. The lowest BCUT2D eigenvalue weighted by atomic mass is 10.1. The van der Waals surface area contributed by atoms with Gasteiger partial charge in [0.2, 0.25) is 5.89 Å². The zero-order valence-corrected chi connectivity index (χ0v) is 14.5. The Morgan fingerprint density at radius 1 is 1.36 bits per heavy atom. The zero-order chi connectivity index (χ0) is 17.2. The number of likely N-dealkylation sites (tertiary alicyclic amines) is 1. The van der Waals surface area contributed by atoms with E-state index >= 15 is 0 Å². The molecule has 0 unspecified atom stereocenters. The van der Waals surface area contributed by atoms with Crippen molar-refractivity contribution in [1.29, 1.82) is 0 Å². The lowest BCUT2D eigenvalue weighted by Gasteiger charge is -2.32. The van der Waals surface area contributed by atoms with E-state index < -0.39 is 0 Å². The Hall–Kier alpha value is -2.55. The number of anilines is 1. The second-order valence-corrected chi connectivity index (χ2v) is 6.43. The Kier molecular flexibility index (Phi) is 4.31. The quantitative estimate of drug-likeness (QED) is 0.744. The minimum atomic E-state index is 0.334. The summed E-state index contributed by atoms with van der Waals surface area (Å²) in [7, 11) is 0. The monoisotopic (exact) mass is 342 g/mol. The lowest BCUT2D eigenvalue weighted by Crippen LogP contribution is -2.42. The zero-order valence-electron chi connectivity index (χ0n) is 14.5. The van der Waals surface area contributed by atoms with E-state index in [1.165, 1.54) is 6.33 Å². The molecule has 132 valence electrons. The van der Waals surface area contributed by atoms with Crippen molar-refractivity contribution in [3.8, 4) is 0 Å². The first-order chi connectivity index (χ1) is 12.2. The molecule has 0 aliphatic carbocycles. The molecule has 3 aromatic heterocycles. The molecule has 1 saturated heterocycles. The minimum Gasteiger partial charge on any atom is -0.366 e. The molecule has 0 bridgehead atoms. The van der Waals surface area contributed by atoms with Gasteiger partial charge in [0.25, 0.3) is 5.78 Å². The average molecular weight is 342 g/mol. The number of hydrogen-bond acceptors (Lipinski definition) is 8. The van der Waals surface area contributed by atoms with Crippen molar-refractivity contribution in [3.05, 3.63) is 29.8 Å². The van der Waals surface area contributed by atoms with Gasteiger partial charge in [-0.3, -0.25) is 4.90 Å². The molecule has 1 fully saturated rings. The summed E-state index contributed by atoms with van der Waals surface area (Å²) in [5.41, 5.74) is 0.926. The maximum atomic E-state index is 5.20. The van der Waals surface area contributed by atoms with E-state index in [1.54, 1.807) is 4.52 Å². The number of aryl methyl sites for hydroxylation is 2. The summed E-state index contributed by atoms with van der Waals surface area (Å²) in [6.07, 6.45) is 4.54. The van der Waals surface area contributed by atoms with Gasteiger partial charge in [0.05, 0.1) is 6.54 Å². The fourth-order valence-electron chi connectivity index (χ4n) is 3.26. The molecule has 0 spiro atoms. The number of hydrogen-bond donors (Lipinski definition) is 1. The maximum absolute atomic E-state index is 5.20. The highest BCUT2D eigenvalue weighted by Crippen LogP contribution is 2.18. The number of nitrogens with zero attached hydrogens (tertiary/aromatic N) is 7. The van der Waals surface area contributed by atoms with E-state index in [0.717, 1.165) is 56.2 Å². The van der Waals surface area contributed by atoms with Crippen molar-refractivity contribution in [2.75, 3.05) is 18.4 Å². The fraction of sp³-hybridized carbons (Fsp3) is 0.562. The average Bonchev–Trinajstić information content (AvgIpc) is 3.24. The standard InChI is InChI=1S/C16H22N8O/c1-3-15-21-13(22-25-15)9-23-6-4-5-12(8-23)20-14-7-11(2)19-16-17-10-18-24(14)16/h7,10,12,20H,3-6,8-9H2,1-2H3/t12-/m1/s1. The van der Waals surface area contributed by atoms with E-state index in [1.807, 2.05) is 19.9 Å². The number of fused-ring (bicyclic) bond motifs is 1. The van der Waals surface area contributed by atoms with Gasteiger partial charge in [0.1, 0.15) is 12.1 Å². The second-order valence-electron chi connectivity index (χ2n) is 6.43. The molecule has 0 saturated carbocycles. The van der Waals surface area contributed by atoms with Gasteiger partial charge in [-0.15, -0.1) is 0 Å². The van der Waals surface area contributed by atoms with Crippen LogP contribution in [0.4, 0.5) is 5.82 Å². The van der Waals surface area contributed by atoms with Gasteiger partial charge < -0.3 is 9.84 Å². The Morgan fingerprint density at radius 3 is 3.12 bits per heavy atom. The third kappa shape index (κ3) is 3.46. The third-order valence-corrected chi connectivity index (χ3v) is 4.42. The van der Waals surface area contributed by atoms with Crippen molar-refractivity contribution in [3.63, 3.8) is 0 Å². The van der Waals surface area contributed by atoms with Crippen molar-refractivity contribution in [1.82, 2.24) is 34.6 Å². The second kappa shape index (κ2) is 6.75. The molecule has 0 radical (unpaired) electrons. The van der Waals surface area contributed by atoms with Crippen LogP contribution in [-0.4, -0.2) is 53.8 Å². The number of piperidine rings is 1. The molecule has 3 aromatic rings. The van der Waals surface area contributed by atoms with E-state index in [-0.39, 0.29) is 0 Å². The van der Waals surface area contributed by atoms with Crippen LogP contribution in [-0.2, 0) is 13.0 Å². The summed E-state index contributed by atoms with van der Waals surface area (Å²) >= 11 is 0. The van der Waals surface area contributed by atoms with Gasteiger partial charge in [0.15, 0.2) is 5.82 Å². The van der Waals surface area contributed by atoms with Crippen LogP contribution in [0.3, 0.4) is 0 Å². The van der Waals surface area contributed by atoms with Crippen molar-refractivity contribution in [2.24, 2.45) is 0 Å². The number of nitrogens with one attached hydrogen (secondary N) is 1. The topological polar surface area (TPSA) is 97.3 Å². The molecule has 0 amide bonds. The molecule has 25 heavy (non-hydrogen) atoms. The Bertz CT molecular complexity index is 857. The van der Waals surface area contributed by atoms with Gasteiger partial charge in [-0.1, -0.05) is 12.1 Å². The number of aromatic nitrogens is 6. The highest BCUT2D eigenvalue weighted by molar-refractivity contribution is 5.45. The summed E-state index contributed by atoms with van der Waals surface area (Å²) in [6.45, 7) is 6.67. The fourth-order valence-corrected chi connectivity index (χ4v) is 3.26. The Labute approximate surface area is 145 Å². The lowest BCUT2D eigenvalue weighted by molar-refractivity contribution is 0.201. The highest BCUT2D eigenvalue weighted by atomic mass is 16.5. The summed E-state index contributed by atoms with van der Waals surface area (Å²) < 4.78 is 6.95. The van der Waals surface area contributed by atoms with Crippen LogP contribution in [0.5, 0.6) is 0 Å². The summed E-state index contributed by atoms with van der Waals surface area (Å²) in [4.78, 5) is 15.3. The molecule has 1 N–H and O–H groups in total. The predicted molar refractivity (Wildman–Crippen MR) is 91.1 cm³/mol. The first-order valence-corrected chi connectivity index (χ1v) is 8.69. The van der Waals surface area contributed by atoms with Gasteiger partial charge >= 0.3 is 0 Å². The van der Waals surface area contributed by atoms with Crippen LogP contribution >= 0.6 is 0 Å². The van der Waals surface area contributed by atoms with Crippen molar-refractivity contribution >= 4 is 11.6 Å². The SMILES string of the molecule is CCc1nc(CN2CCC[C@@H](Nc3cc(C)nc4ncnn34)C2)no1. The minimum absolute atomic E-state index is 0.334. The largest absolute Gasteiger partial charge is 0.366 e. The van der Waals surface area contributed by atoms with E-state index in [2.05, 4.69) is 35.4 Å². The predicted octanol–water partition coefficient (Wildman–Crippen LogP) is 1.45. The highest BCUT2D eigenvalue weighted by Gasteiger charge is 2.22. The molecule has 1 aliphatic rings. The van der Waals surface area contributed by atoms with Crippen LogP contribution in [0.25, 0.3) is 5.78 Å². The number of rotatable bonds is 5. The van der Waals surface area contributed by atoms with Crippen LogP contribution in [0, 0.1) is 6.92 Å². The Balaban J connectivity index is 1.44. The van der Waals surface area contributed by atoms with Crippen LogP contribution < -0.4 is 5.32 Å². The van der Waals surface area contributed by atoms with Crippen molar-refractivity contribution in [2.45, 2.75) is 45.7 Å². The van der Waals surface area contributed by atoms with Gasteiger partial charge in [0, 0.05) is 30.8 Å². The van der Waals surface area contributed by atoms with Crippen molar-refractivity contribution < 1.29 is 4.52 Å². The maximum Gasteiger partial charge on any atom is 0.254 e. The van der Waals surface area contributed by atoms with Gasteiger partial charge in [-0.25, -0.2) is 4.98 Å². The molecule has 9 nitrogen and oxygen atoms in total. The molecule has 1 atom stereocenters.